The third-order valence-corrected chi connectivity index (χ3v) is 5.96. The molecular weight excluding hydrogens is 400 g/mol. The average Bonchev–Trinajstić information content (AvgIpc) is 3.38. The Morgan fingerprint density at radius 1 is 0.900 bits per heavy atom. The summed E-state index contributed by atoms with van der Waals surface area (Å²) in [7, 11) is 0. The van der Waals surface area contributed by atoms with Gasteiger partial charge in [0.2, 0.25) is 0 Å². The van der Waals surface area contributed by atoms with E-state index in [2.05, 4.69) is 10.9 Å². The van der Waals surface area contributed by atoms with Crippen molar-refractivity contribution in [2.45, 2.75) is 25.9 Å². The lowest BCUT2D eigenvalue weighted by Crippen LogP contribution is -2.43. The number of hydrogen-bond donors (Lipinski definition) is 2. The van der Waals surface area contributed by atoms with E-state index in [4.69, 9.17) is 9.47 Å². The average molecular weight is 423 g/mol. The quantitative estimate of drug-likeness (QED) is 0.570. The minimum absolute atomic E-state index is 0.203. The Kier molecular flexibility index (Phi) is 6.29. The summed E-state index contributed by atoms with van der Waals surface area (Å²) in [5.74, 6) is 0.517. The van der Waals surface area contributed by atoms with Crippen LogP contribution < -0.4 is 20.3 Å². The molecule has 0 unspecified atom stereocenters. The lowest BCUT2D eigenvalue weighted by atomic mass is 10.2. The Bertz CT molecular complexity index is 994. The third-order valence-electron chi connectivity index (χ3n) is 4.73. The predicted molar refractivity (Wildman–Crippen MR) is 115 cm³/mol. The van der Waals surface area contributed by atoms with Crippen LogP contribution in [0.25, 0.3) is 0 Å². The topological polar surface area (TPSA) is 76.7 Å². The van der Waals surface area contributed by atoms with Crippen LogP contribution in [0.1, 0.15) is 32.1 Å². The monoisotopic (exact) mass is 422 g/mol. The molecule has 1 heterocycles. The Balaban J connectivity index is 1.18. The summed E-state index contributed by atoms with van der Waals surface area (Å²) in [5, 5.41) is 0. The van der Waals surface area contributed by atoms with Gasteiger partial charge in [-0.25, -0.2) is 0 Å². The number of aryl methyl sites for hydroxylation is 2. The van der Waals surface area contributed by atoms with Crippen LogP contribution in [0.4, 0.5) is 0 Å². The van der Waals surface area contributed by atoms with E-state index in [1.807, 2.05) is 36.4 Å². The van der Waals surface area contributed by atoms with Gasteiger partial charge in [0.05, 0.1) is 4.88 Å². The molecule has 1 aliphatic carbocycles. The molecule has 3 aromatic rings. The van der Waals surface area contributed by atoms with E-state index in [0.29, 0.717) is 23.0 Å². The van der Waals surface area contributed by atoms with E-state index >= 15 is 0 Å². The van der Waals surface area contributed by atoms with Crippen molar-refractivity contribution in [3.05, 3.63) is 81.5 Å². The number of hydrogen-bond acceptors (Lipinski definition) is 5. The van der Waals surface area contributed by atoms with E-state index in [1.54, 1.807) is 24.3 Å². The van der Waals surface area contributed by atoms with Crippen LogP contribution in [0, 0.1) is 0 Å². The minimum Gasteiger partial charge on any atom is -0.489 e. The Labute approximate surface area is 178 Å². The van der Waals surface area contributed by atoms with E-state index in [9.17, 15) is 9.59 Å². The van der Waals surface area contributed by atoms with Crippen LogP contribution >= 0.6 is 11.3 Å². The summed E-state index contributed by atoms with van der Waals surface area (Å²) in [6.07, 6.45) is 3.20. The number of amides is 2. The van der Waals surface area contributed by atoms with Gasteiger partial charge in [-0.3, -0.25) is 20.4 Å². The number of nitrogens with one attached hydrogen (secondary N) is 2. The highest BCUT2D eigenvalue weighted by molar-refractivity contribution is 7.14. The highest BCUT2D eigenvalue weighted by Gasteiger charge is 2.18. The summed E-state index contributed by atoms with van der Waals surface area (Å²) in [6, 6.07) is 18.9. The summed E-state index contributed by atoms with van der Waals surface area (Å²) >= 11 is 1.49. The molecular formula is C23H22N2O4S. The second-order valence-electron chi connectivity index (χ2n) is 6.95. The van der Waals surface area contributed by atoms with Crippen molar-refractivity contribution in [3.63, 3.8) is 0 Å². The van der Waals surface area contributed by atoms with Gasteiger partial charge in [0.1, 0.15) is 18.1 Å². The molecule has 0 saturated carbocycles. The van der Waals surface area contributed by atoms with Crippen LogP contribution in [0.15, 0.2) is 60.7 Å². The minimum atomic E-state index is -0.433. The normalized spacial score (nSPS) is 12.1. The van der Waals surface area contributed by atoms with Crippen molar-refractivity contribution in [2.75, 3.05) is 6.61 Å². The van der Waals surface area contributed by atoms with Gasteiger partial charge < -0.3 is 9.47 Å². The van der Waals surface area contributed by atoms with E-state index in [0.717, 1.165) is 24.8 Å². The number of rotatable bonds is 7. The fraction of sp³-hybridized carbons (Fsp3) is 0.217. The molecule has 30 heavy (non-hydrogen) atoms. The molecule has 2 aromatic carbocycles. The zero-order chi connectivity index (χ0) is 20.8. The first kappa shape index (κ1) is 20.0. The predicted octanol–water partition coefficient (Wildman–Crippen LogP) is 3.66. The van der Waals surface area contributed by atoms with Gasteiger partial charge in [-0.05, 0) is 60.7 Å². The molecule has 0 saturated heterocycles. The van der Waals surface area contributed by atoms with Crippen molar-refractivity contribution in [2.24, 2.45) is 0 Å². The molecule has 0 atom stereocenters. The van der Waals surface area contributed by atoms with Crippen molar-refractivity contribution in [3.8, 4) is 11.5 Å². The molecule has 0 aliphatic heterocycles. The lowest BCUT2D eigenvalue weighted by Gasteiger charge is -2.10. The molecule has 2 N–H and O–H groups in total. The van der Waals surface area contributed by atoms with Gasteiger partial charge in [-0.15, -0.1) is 11.3 Å². The van der Waals surface area contributed by atoms with Crippen molar-refractivity contribution in [1.82, 2.24) is 10.9 Å². The first-order valence-electron chi connectivity index (χ1n) is 9.78. The maximum atomic E-state index is 12.2. The zero-order valence-corrected chi connectivity index (χ0v) is 17.2. The third kappa shape index (κ3) is 5.18. The molecule has 154 valence electrons. The number of carbonyl (C=O) groups is 2. The van der Waals surface area contributed by atoms with E-state index < -0.39 is 5.91 Å². The second-order valence-corrected chi connectivity index (χ2v) is 8.09. The molecule has 2 amide bonds. The molecule has 4 rings (SSSR count). The van der Waals surface area contributed by atoms with Crippen LogP contribution in [0.3, 0.4) is 0 Å². The highest BCUT2D eigenvalue weighted by atomic mass is 32.1. The summed E-state index contributed by atoms with van der Waals surface area (Å²) < 4.78 is 11.2. The summed E-state index contributed by atoms with van der Waals surface area (Å²) in [6.45, 7) is 0.280. The Morgan fingerprint density at radius 2 is 1.63 bits per heavy atom. The molecule has 0 spiro atoms. The molecule has 7 heteroatoms. The van der Waals surface area contributed by atoms with Crippen LogP contribution in [0.5, 0.6) is 11.5 Å². The van der Waals surface area contributed by atoms with Crippen molar-refractivity contribution < 1.29 is 19.1 Å². The summed E-state index contributed by atoms with van der Waals surface area (Å²) in [4.78, 5) is 26.0. The maximum Gasteiger partial charge on any atom is 0.279 e. The molecule has 6 nitrogen and oxygen atoms in total. The van der Waals surface area contributed by atoms with E-state index in [1.165, 1.54) is 21.8 Å². The van der Waals surface area contributed by atoms with Crippen molar-refractivity contribution in [1.29, 1.82) is 0 Å². The zero-order valence-electron chi connectivity index (χ0n) is 16.4. The van der Waals surface area contributed by atoms with Gasteiger partial charge in [-0.2, -0.15) is 0 Å². The highest BCUT2D eigenvalue weighted by Crippen LogP contribution is 2.30. The fourth-order valence-corrected chi connectivity index (χ4v) is 4.34. The number of hydrazine groups is 1. The second kappa shape index (κ2) is 9.45. The van der Waals surface area contributed by atoms with Crippen LogP contribution in [-0.2, 0) is 24.2 Å². The largest absolute Gasteiger partial charge is 0.489 e. The number of carbonyl (C=O) groups excluding carboxylic acids is 2. The molecule has 0 bridgehead atoms. The SMILES string of the molecule is O=C(COc1ccc(OCc2ccccc2)cc1)NNC(=O)c1cc2c(s1)CCC2. The number of ether oxygens (including phenoxy) is 2. The smallest absolute Gasteiger partial charge is 0.279 e. The van der Waals surface area contributed by atoms with Gasteiger partial charge >= 0.3 is 0 Å². The van der Waals surface area contributed by atoms with Gasteiger partial charge in [0, 0.05) is 4.88 Å². The van der Waals surface area contributed by atoms with E-state index in [-0.39, 0.29) is 12.5 Å². The Morgan fingerprint density at radius 3 is 2.37 bits per heavy atom. The number of benzene rings is 2. The molecule has 0 radical (unpaired) electrons. The van der Waals surface area contributed by atoms with Gasteiger partial charge in [0.15, 0.2) is 6.61 Å². The van der Waals surface area contributed by atoms with Crippen LogP contribution in [0.2, 0.25) is 0 Å². The molecule has 1 aliphatic rings. The van der Waals surface area contributed by atoms with Gasteiger partial charge in [0.25, 0.3) is 11.8 Å². The molecule has 0 fully saturated rings. The lowest BCUT2D eigenvalue weighted by molar-refractivity contribution is -0.123. The summed E-state index contributed by atoms with van der Waals surface area (Å²) in [5.41, 5.74) is 7.15. The first-order valence-corrected chi connectivity index (χ1v) is 10.6. The van der Waals surface area contributed by atoms with Crippen LogP contribution in [-0.4, -0.2) is 18.4 Å². The molecule has 1 aromatic heterocycles. The fourth-order valence-electron chi connectivity index (χ4n) is 3.19. The first-order chi connectivity index (χ1) is 14.7. The standard InChI is InChI=1S/C23H22N2O4S/c26-22(24-25-23(27)21-13-17-7-4-8-20(17)30-21)15-29-19-11-9-18(10-12-19)28-14-16-5-2-1-3-6-16/h1-3,5-6,9-13H,4,7-8,14-15H2,(H,24,26)(H,25,27). The van der Waals surface area contributed by atoms with Crippen molar-refractivity contribution >= 4 is 23.2 Å². The number of thiophene rings is 1. The van der Waals surface area contributed by atoms with Gasteiger partial charge in [-0.1, -0.05) is 30.3 Å². The maximum absolute atomic E-state index is 12.2. The number of fused-ring (bicyclic) bond motifs is 1. The Hall–Kier alpha value is -3.32.